The Kier molecular flexibility index (Phi) is 5.69. The number of rotatable bonds is 4. The fourth-order valence-corrected chi connectivity index (χ4v) is 3.48. The van der Waals surface area contributed by atoms with E-state index in [2.05, 4.69) is 11.0 Å². The lowest BCUT2D eigenvalue weighted by molar-refractivity contribution is 0.0523. The lowest BCUT2D eigenvalue weighted by Gasteiger charge is -2.36. The van der Waals surface area contributed by atoms with Gasteiger partial charge in [-0.3, -0.25) is 9.69 Å². The van der Waals surface area contributed by atoms with Crippen LogP contribution in [0.15, 0.2) is 42.5 Å². The van der Waals surface area contributed by atoms with E-state index in [4.69, 9.17) is 0 Å². The molecule has 1 heterocycles. The summed E-state index contributed by atoms with van der Waals surface area (Å²) in [5.41, 5.74) is 3.33. The van der Waals surface area contributed by atoms with Crippen molar-refractivity contribution >= 4 is 5.91 Å². The van der Waals surface area contributed by atoms with E-state index in [0.717, 1.165) is 11.1 Å². The number of nitrogens with zero attached hydrogens (tertiary/aromatic N) is 2. The van der Waals surface area contributed by atoms with Crippen LogP contribution in [-0.2, 0) is 0 Å². The van der Waals surface area contributed by atoms with Gasteiger partial charge in [-0.15, -0.1) is 0 Å². The molecule has 1 amide bonds. The number of piperazine rings is 1. The molecule has 0 unspecified atom stereocenters. The second-order valence-corrected chi connectivity index (χ2v) is 6.95. The van der Waals surface area contributed by atoms with Gasteiger partial charge in [0.2, 0.25) is 0 Å². The highest BCUT2D eigenvalue weighted by atomic mass is 19.1. The number of aliphatic hydroxyl groups excluding tert-OH is 1. The molecule has 0 bridgehead atoms. The van der Waals surface area contributed by atoms with Crippen molar-refractivity contribution in [1.82, 2.24) is 9.80 Å². The van der Waals surface area contributed by atoms with Crippen molar-refractivity contribution in [2.45, 2.75) is 20.0 Å². The van der Waals surface area contributed by atoms with Crippen molar-refractivity contribution < 1.29 is 14.3 Å². The number of amides is 1. The fourth-order valence-electron chi connectivity index (χ4n) is 3.48. The number of hydrogen-bond acceptors (Lipinski definition) is 3. The minimum absolute atomic E-state index is 0.122. The lowest BCUT2D eigenvalue weighted by atomic mass is 10.0. The third kappa shape index (κ3) is 4.11. The predicted molar refractivity (Wildman–Crippen MR) is 99.6 cm³/mol. The number of carbonyl (C=O) groups is 1. The van der Waals surface area contributed by atoms with E-state index in [0.29, 0.717) is 32.7 Å². The summed E-state index contributed by atoms with van der Waals surface area (Å²) in [6.07, 6.45) is -0.551. The van der Waals surface area contributed by atoms with Gasteiger partial charge >= 0.3 is 0 Å². The molecule has 26 heavy (non-hydrogen) atoms. The van der Waals surface area contributed by atoms with Crippen LogP contribution in [0.4, 0.5) is 4.39 Å². The average Bonchev–Trinajstić information content (AvgIpc) is 2.62. The Labute approximate surface area is 153 Å². The van der Waals surface area contributed by atoms with E-state index in [1.54, 1.807) is 17.0 Å². The standard InChI is InChI=1S/C21H25FN2O2/c1-15-7-8-17(16(2)13-15)20(25)14-23-9-11-24(12-10-23)21(26)18-5-3-4-6-19(18)22/h3-8,13,20,25H,9-12,14H2,1-2H3/t20-/m1/s1. The second kappa shape index (κ2) is 7.98. The van der Waals surface area contributed by atoms with Crippen molar-refractivity contribution in [1.29, 1.82) is 0 Å². The number of aryl methyl sites for hydroxylation is 2. The molecule has 0 saturated carbocycles. The fraction of sp³-hybridized carbons (Fsp3) is 0.381. The number of halogens is 1. The Balaban J connectivity index is 1.57. The Morgan fingerprint density at radius 2 is 1.81 bits per heavy atom. The monoisotopic (exact) mass is 356 g/mol. The smallest absolute Gasteiger partial charge is 0.256 e. The topological polar surface area (TPSA) is 43.8 Å². The number of aliphatic hydroxyl groups is 1. The molecule has 1 saturated heterocycles. The Morgan fingerprint density at radius 1 is 1.12 bits per heavy atom. The molecule has 0 aliphatic carbocycles. The molecule has 1 atom stereocenters. The van der Waals surface area contributed by atoms with Crippen LogP contribution >= 0.6 is 0 Å². The zero-order valence-electron chi connectivity index (χ0n) is 15.3. The first-order valence-corrected chi connectivity index (χ1v) is 8.97. The molecule has 3 rings (SSSR count). The van der Waals surface area contributed by atoms with Crippen molar-refractivity contribution in [3.05, 3.63) is 70.5 Å². The molecule has 0 radical (unpaired) electrons. The lowest BCUT2D eigenvalue weighted by Crippen LogP contribution is -2.49. The average molecular weight is 356 g/mol. The van der Waals surface area contributed by atoms with Crippen molar-refractivity contribution in [2.24, 2.45) is 0 Å². The van der Waals surface area contributed by atoms with Crippen LogP contribution in [0.2, 0.25) is 0 Å². The highest BCUT2D eigenvalue weighted by Crippen LogP contribution is 2.21. The van der Waals surface area contributed by atoms with E-state index >= 15 is 0 Å². The maximum absolute atomic E-state index is 13.8. The summed E-state index contributed by atoms with van der Waals surface area (Å²) in [7, 11) is 0. The SMILES string of the molecule is Cc1ccc([C@H](O)CN2CCN(C(=O)c3ccccc3F)CC2)c(C)c1. The van der Waals surface area contributed by atoms with Crippen LogP contribution < -0.4 is 0 Å². The van der Waals surface area contributed by atoms with E-state index in [9.17, 15) is 14.3 Å². The van der Waals surface area contributed by atoms with E-state index in [1.165, 1.54) is 17.7 Å². The molecular formula is C21H25FN2O2. The van der Waals surface area contributed by atoms with Gasteiger partial charge in [0.1, 0.15) is 5.82 Å². The second-order valence-electron chi connectivity index (χ2n) is 6.95. The summed E-state index contributed by atoms with van der Waals surface area (Å²) in [4.78, 5) is 16.3. The molecular weight excluding hydrogens is 331 g/mol. The Bertz CT molecular complexity index is 785. The van der Waals surface area contributed by atoms with E-state index < -0.39 is 11.9 Å². The van der Waals surface area contributed by atoms with Crippen LogP contribution in [0.25, 0.3) is 0 Å². The normalized spacial score (nSPS) is 16.5. The Morgan fingerprint density at radius 3 is 2.46 bits per heavy atom. The third-order valence-corrected chi connectivity index (χ3v) is 4.98. The molecule has 2 aromatic rings. The summed E-state index contributed by atoms with van der Waals surface area (Å²) in [6, 6.07) is 12.1. The number of hydrogen-bond donors (Lipinski definition) is 1. The molecule has 0 spiro atoms. The molecule has 1 fully saturated rings. The summed E-state index contributed by atoms with van der Waals surface area (Å²) < 4.78 is 13.8. The molecule has 5 heteroatoms. The quantitative estimate of drug-likeness (QED) is 0.916. The van der Waals surface area contributed by atoms with Gasteiger partial charge in [0.05, 0.1) is 11.7 Å². The molecule has 1 N–H and O–H groups in total. The number of carbonyl (C=O) groups excluding carboxylic acids is 1. The van der Waals surface area contributed by atoms with Gasteiger partial charge in [0.15, 0.2) is 0 Å². The molecule has 2 aromatic carbocycles. The summed E-state index contributed by atoms with van der Waals surface area (Å²) >= 11 is 0. The first-order chi connectivity index (χ1) is 12.5. The minimum Gasteiger partial charge on any atom is -0.387 e. The summed E-state index contributed by atoms with van der Waals surface area (Å²) in [6.45, 7) is 6.99. The highest BCUT2D eigenvalue weighted by Gasteiger charge is 2.25. The van der Waals surface area contributed by atoms with Gasteiger partial charge in [0.25, 0.3) is 5.91 Å². The largest absolute Gasteiger partial charge is 0.387 e. The van der Waals surface area contributed by atoms with Crippen LogP contribution in [0.3, 0.4) is 0 Å². The van der Waals surface area contributed by atoms with Crippen molar-refractivity contribution in [3.63, 3.8) is 0 Å². The molecule has 4 nitrogen and oxygen atoms in total. The van der Waals surface area contributed by atoms with Gasteiger partial charge < -0.3 is 10.0 Å². The zero-order chi connectivity index (χ0) is 18.7. The first kappa shape index (κ1) is 18.5. The Hall–Kier alpha value is -2.24. The summed E-state index contributed by atoms with van der Waals surface area (Å²) in [5.74, 6) is -0.747. The number of β-amino-alcohol motifs (C(OH)–C–C–N with tert-alkyl or cyclic N) is 1. The highest BCUT2D eigenvalue weighted by molar-refractivity contribution is 5.94. The van der Waals surface area contributed by atoms with E-state index in [-0.39, 0.29) is 11.5 Å². The van der Waals surface area contributed by atoms with Gasteiger partial charge in [-0.1, -0.05) is 35.9 Å². The predicted octanol–water partition coefficient (Wildman–Crippen LogP) is 2.93. The summed E-state index contributed by atoms with van der Waals surface area (Å²) in [5, 5.41) is 10.6. The molecule has 138 valence electrons. The van der Waals surface area contributed by atoms with Crippen LogP contribution in [0, 0.1) is 19.7 Å². The maximum atomic E-state index is 13.8. The van der Waals surface area contributed by atoms with Gasteiger partial charge in [0, 0.05) is 32.7 Å². The van der Waals surface area contributed by atoms with Crippen molar-refractivity contribution in [2.75, 3.05) is 32.7 Å². The van der Waals surface area contributed by atoms with Gasteiger partial charge in [-0.2, -0.15) is 0 Å². The molecule has 1 aliphatic rings. The zero-order valence-corrected chi connectivity index (χ0v) is 15.3. The molecule has 0 aromatic heterocycles. The van der Waals surface area contributed by atoms with Gasteiger partial charge in [-0.05, 0) is 37.1 Å². The first-order valence-electron chi connectivity index (χ1n) is 8.97. The third-order valence-electron chi connectivity index (χ3n) is 4.98. The van der Waals surface area contributed by atoms with Crippen molar-refractivity contribution in [3.8, 4) is 0 Å². The van der Waals surface area contributed by atoms with Crippen LogP contribution in [0.1, 0.15) is 33.2 Å². The molecule has 1 aliphatic heterocycles. The van der Waals surface area contributed by atoms with Crippen LogP contribution in [0.5, 0.6) is 0 Å². The van der Waals surface area contributed by atoms with Crippen LogP contribution in [-0.4, -0.2) is 53.5 Å². The maximum Gasteiger partial charge on any atom is 0.256 e. The number of benzene rings is 2. The van der Waals surface area contributed by atoms with Gasteiger partial charge in [-0.25, -0.2) is 4.39 Å². The minimum atomic E-state index is -0.551. The van der Waals surface area contributed by atoms with E-state index in [1.807, 2.05) is 26.0 Å².